The standard InChI is InChI=1S/C9H13NO/c1-6-8(7(2)11)4-3-5-9(6)10/h3-6,9H,10H2,1-2H3. The Kier molecular flexibility index (Phi) is 2.25. The van der Waals surface area contributed by atoms with Crippen LogP contribution in [0.3, 0.4) is 0 Å². The van der Waals surface area contributed by atoms with Crippen LogP contribution in [0.2, 0.25) is 0 Å². The number of rotatable bonds is 1. The zero-order valence-electron chi connectivity index (χ0n) is 6.87. The van der Waals surface area contributed by atoms with Crippen molar-refractivity contribution in [2.24, 2.45) is 11.7 Å². The van der Waals surface area contributed by atoms with Gasteiger partial charge in [0.15, 0.2) is 5.78 Å². The lowest BCUT2D eigenvalue weighted by Crippen LogP contribution is -2.30. The summed E-state index contributed by atoms with van der Waals surface area (Å²) in [7, 11) is 0. The Bertz CT molecular complexity index is 228. The summed E-state index contributed by atoms with van der Waals surface area (Å²) >= 11 is 0. The molecule has 1 aliphatic carbocycles. The van der Waals surface area contributed by atoms with Crippen molar-refractivity contribution in [3.63, 3.8) is 0 Å². The maximum absolute atomic E-state index is 11.0. The lowest BCUT2D eigenvalue weighted by molar-refractivity contribution is -0.114. The van der Waals surface area contributed by atoms with Crippen molar-refractivity contribution in [2.75, 3.05) is 0 Å². The third kappa shape index (κ3) is 1.57. The summed E-state index contributed by atoms with van der Waals surface area (Å²) in [6, 6.07) is -0.00102. The van der Waals surface area contributed by atoms with Crippen LogP contribution >= 0.6 is 0 Å². The first kappa shape index (κ1) is 8.21. The van der Waals surface area contributed by atoms with Crippen LogP contribution in [0.5, 0.6) is 0 Å². The molecule has 0 amide bonds. The van der Waals surface area contributed by atoms with Crippen LogP contribution in [0.1, 0.15) is 13.8 Å². The van der Waals surface area contributed by atoms with Gasteiger partial charge in [-0.25, -0.2) is 0 Å². The SMILES string of the molecule is CC(=O)C1=CC=CC(N)C1C. The smallest absolute Gasteiger partial charge is 0.156 e. The number of Topliss-reactive ketones (excluding diaryl/α,β-unsaturated/α-hetero) is 1. The summed E-state index contributed by atoms with van der Waals surface area (Å²) < 4.78 is 0. The monoisotopic (exact) mass is 151 g/mol. The number of ketones is 1. The number of allylic oxidation sites excluding steroid dienone is 2. The second-order valence-corrected chi connectivity index (χ2v) is 2.93. The van der Waals surface area contributed by atoms with Crippen molar-refractivity contribution < 1.29 is 4.79 Å². The second kappa shape index (κ2) is 3.01. The molecule has 1 aliphatic rings. The van der Waals surface area contributed by atoms with Crippen LogP contribution in [0.15, 0.2) is 23.8 Å². The summed E-state index contributed by atoms with van der Waals surface area (Å²) in [4.78, 5) is 11.0. The Labute approximate surface area is 66.8 Å². The predicted molar refractivity (Wildman–Crippen MR) is 45.0 cm³/mol. The topological polar surface area (TPSA) is 43.1 Å². The third-order valence-electron chi connectivity index (χ3n) is 2.08. The van der Waals surface area contributed by atoms with Crippen LogP contribution in [0.4, 0.5) is 0 Å². The average molecular weight is 151 g/mol. The highest BCUT2D eigenvalue weighted by Crippen LogP contribution is 2.19. The van der Waals surface area contributed by atoms with E-state index in [0.29, 0.717) is 0 Å². The van der Waals surface area contributed by atoms with Gasteiger partial charge in [-0.2, -0.15) is 0 Å². The van der Waals surface area contributed by atoms with Gasteiger partial charge in [0.25, 0.3) is 0 Å². The minimum Gasteiger partial charge on any atom is -0.324 e. The lowest BCUT2D eigenvalue weighted by atomic mass is 9.87. The minimum absolute atomic E-state index is 0.00102. The Morgan fingerprint density at radius 3 is 2.73 bits per heavy atom. The molecule has 0 aromatic heterocycles. The summed E-state index contributed by atoms with van der Waals surface area (Å²) in [6.07, 6.45) is 5.61. The van der Waals surface area contributed by atoms with Gasteiger partial charge in [-0.3, -0.25) is 4.79 Å². The van der Waals surface area contributed by atoms with Crippen LogP contribution in [0.25, 0.3) is 0 Å². The van der Waals surface area contributed by atoms with E-state index in [1.807, 2.05) is 25.2 Å². The molecule has 60 valence electrons. The average Bonchev–Trinajstić information content (AvgIpc) is 1.94. The van der Waals surface area contributed by atoms with Gasteiger partial charge < -0.3 is 5.73 Å². The zero-order chi connectivity index (χ0) is 8.43. The van der Waals surface area contributed by atoms with Crippen molar-refractivity contribution in [1.29, 1.82) is 0 Å². The normalized spacial score (nSPS) is 29.9. The maximum atomic E-state index is 11.0. The lowest BCUT2D eigenvalue weighted by Gasteiger charge is -2.20. The van der Waals surface area contributed by atoms with Crippen LogP contribution < -0.4 is 5.73 Å². The number of carbonyl (C=O) groups excluding carboxylic acids is 1. The number of hydrogen-bond donors (Lipinski definition) is 1. The van der Waals surface area contributed by atoms with E-state index in [1.165, 1.54) is 0 Å². The molecule has 2 atom stereocenters. The van der Waals surface area contributed by atoms with E-state index in [4.69, 9.17) is 5.73 Å². The summed E-state index contributed by atoms with van der Waals surface area (Å²) in [5, 5.41) is 0. The molecule has 0 heterocycles. The molecule has 2 heteroatoms. The highest BCUT2D eigenvalue weighted by molar-refractivity contribution is 5.94. The number of hydrogen-bond acceptors (Lipinski definition) is 2. The van der Waals surface area contributed by atoms with Gasteiger partial charge in [0.05, 0.1) is 0 Å². The summed E-state index contributed by atoms with van der Waals surface area (Å²) in [5.74, 6) is 0.287. The molecule has 0 aromatic carbocycles. The Hall–Kier alpha value is -0.890. The molecule has 0 fully saturated rings. The number of carbonyl (C=O) groups is 1. The van der Waals surface area contributed by atoms with E-state index in [9.17, 15) is 4.79 Å². The Morgan fingerprint density at radius 2 is 2.27 bits per heavy atom. The first-order valence-corrected chi connectivity index (χ1v) is 3.78. The van der Waals surface area contributed by atoms with E-state index < -0.39 is 0 Å². The Balaban J connectivity index is 2.87. The van der Waals surface area contributed by atoms with E-state index in [0.717, 1.165) is 5.57 Å². The van der Waals surface area contributed by atoms with Gasteiger partial charge in [-0.1, -0.05) is 25.2 Å². The molecule has 11 heavy (non-hydrogen) atoms. The van der Waals surface area contributed by atoms with Crippen LogP contribution in [0, 0.1) is 5.92 Å². The summed E-state index contributed by atoms with van der Waals surface area (Å²) in [5.41, 5.74) is 6.56. The molecule has 1 rings (SSSR count). The van der Waals surface area contributed by atoms with Gasteiger partial charge in [0.1, 0.15) is 0 Å². The maximum Gasteiger partial charge on any atom is 0.156 e. The molecule has 0 spiro atoms. The van der Waals surface area contributed by atoms with Crippen molar-refractivity contribution >= 4 is 5.78 Å². The molecule has 2 nitrogen and oxygen atoms in total. The highest BCUT2D eigenvalue weighted by Gasteiger charge is 2.19. The van der Waals surface area contributed by atoms with E-state index in [1.54, 1.807) is 6.92 Å². The largest absolute Gasteiger partial charge is 0.324 e. The molecule has 2 unspecified atom stereocenters. The van der Waals surface area contributed by atoms with Gasteiger partial charge in [-0.05, 0) is 12.5 Å². The molecule has 0 aliphatic heterocycles. The fraction of sp³-hybridized carbons (Fsp3) is 0.444. The van der Waals surface area contributed by atoms with Gasteiger partial charge in [-0.15, -0.1) is 0 Å². The van der Waals surface area contributed by atoms with Crippen molar-refractivity contribution in [2.45, 2.75) is 19.9 Å². The van der Waals surface area contributed by atoms with E-state index in [2.05, 4.69) is 0 Å². The van der Waals surface area contributed by atoms with Gasteiger partial charge in [0, 0.05) is 12.0 Å². The molecule has 0 aromatic rings. The quantitative estimate of drug-likeness (QED) is 0.608. The molecule has 0 saturated carbocycles. The molecule has 0 radical (unpaired) electrons. The van der Waals surface area contributed by atoms with Gasteiger partial charge >= 0.3 is 0 Å². The fourth-order valence-electron chi connectivity index (χ4n) is 1.25. The molecular formula is C9H13NO. The summed E-state index contributed by atoms with van der Waals surface area (Å²) in [6.45, 7) is 3.55. The second-order valence-electron chi connectivity index (χ2n) is 2.93. The minimum atomic E-state index is -0.00102. The molecular weight excluding hydrogens is 138 g/mol. The van der Waals surface area contributed by atoms with E-state index >= 15 is 0 Å². The fourth-order valence-corrected chi connectivity index (χ4v) is 1.25. The van der Waals surface area contributed by atoms with Crippen molar-refractivity contribution in [3.05, 3.63) is 23.8 Å². The van der Waals surface area contributed by atoms with E-state index in [-0.39, 0.29) is 17.7 Å². The first-order chi connectivity index (χ1) is 5.13. The number of nitrogens with two attached hydrogens (primary N) is 1. The van der Waals surface area contributed by atoms with Crippen LogP contribution in [-0.2, 0) is 4.79 Å². The van der Waals surface area contributed by atoms with Crippen molar-refractivity contribution in [1.82, 2.24) is 0 Å². The third-order valence-corrected chi connectivity index (χ3v) is 2.08. The first-order valence-electron chi connectivity index (χ1n) is 3.78. The highest BCUT2D eigenvalue weighted by atomic mass is 16.1. The van der Waals surface area contributed by atoms with Crippen LogP contribution in [-0.4, -0.2) is 11.8 Å². The van der Waals surface area contributed by atoms with Gasteiger partial charge in [0.2, 0.25) is 0 Å². The zero-order valence-corrected chi connectivity index (χ0v) is 6.87. The molecule has 0 bridgehead atoms. The van der Waals surface area contributed by atoms with Crippen molar-refractivity contribution in [3.8, 4) is 0 Å². The molecule has 0 saturated heterocycles. The molecule has 2 N–H and O–H groups in total. The predicted octanol–water partition coefficient (Wildman–Crippen LogP) is 1.04. The Morgan fingerprint density at radius 1 is 1.64 bits per heavy atom.